The molecule has 210 valence electrons. The summed E-state index contributed by atoms with van der Waals surface area (Å²) in [5.74, 6) is -3.11. The Labute approximate surface area is 220 Å². The third-order valence-electron chi connectivity index (χ3n) is 5.04. The fourth-order valence-electron chi connectivity index (χ4n) is 3.59. The number of nitrogens with one attached hydrogen (secondary N) is 1. The Hall–Kier alpha value is -3.55. The molecule has 1 heterocycles. The Bertz CT molecular complexity index is 953. The predicted octanol–water partition coefficient (Wildman–Crippen LogP) is 0.419. The summed E-state index contributed by atoms with van der Waals surface area (Å²) in [5.41, 5.74) is 0.834. The number of benzene rings is 1. The Kier molecular flexibility index (Phi) is 12.6. The van der Waals surface area contributed by atoms with E-state index in [0.717, 1.165) is 19.4 Å². The molecule has 0 aromatic heterocycles. The summed E-state index contributed by atoms with van der Waals surface area (Å²) in [7, 11) is 0. The molecule has 0 radical (unpaired) electrons. The van der Waals surface area contributed by atoms with Gasteiger partial charge in [-0.1, -0.05) is 30.3 Å². The minimum Gasteiger partial charge on any atom is -0.463 e. The summed E-state index contributed by atoms with van der Waals surface area (Å²) in [6.45, 7) is 4.00. The molecule has 1 amide bonds. The largest absolute Gasteiger partial charge is 0.463 e. The quantitative estimate of drug-likeness (QED) is 0.209. The first-order valence-electron chi connectivity index (χ1n) is 11.9. The molecule has 1 aliphatic heterocycles. The predicted molar refractivity (Wildman–Crippen MR) is 127 cm³/mol. The van der Waals surface area contributed by atoms with Gasteiger partial charge in [-0.15, -0.1) is 0 Å². The number of ether oxygens (including phenoxy) is 7. The lowest BCUT2D eigenvalue weighted by Crippen LogP contribution is -2.66. The molecule has 0 saturated carbocycles. The second-order valence-corrected chi connectivity index (χ2v) is 8.29. The van der Waals surface area contributed by atoms with Gasteiger partial charge in [0, 0.05) is 27.7 Å². The SMILES string of the molecule is CC(=O)N[C@H]1[C@H](OCCOCC(=O)OCc2ccccc2)O[C@H](COC(C)=O)[C@H](OC(C)=O)[C@@H]1OC(C)=O. The van der Waals surface area contributed by atoms with Gasteiger partial charge in [0.05, 0.1) is 13.2 Å². The number of carbonyl (C=O) groups is 5. The first-order valence-corrected chi connectivity index (χ1v) is 11.9. The zero-order chi connectivity index (χ0) is 28.1. The molecule has 2 rings (SSSR count). The van der Waals surface area contributed by atoms with Gasteiger partial charge in [0.15, 0.2) is 18.5 Å². The fraction of sp³-hybridized carbons (Fsp3) is 0.560. The van der Waals surface area contributed by atoms with Gasteiger partial charge < -0.3 is 38.5 Å². The minimum atomic E-state index is -1.23. The number of carbonyl (C=O) groups excluding carboxylic acids is 5. The van der Waals surface area contributed by atoms with Gasteiger partial charge in [0.1, 0.15) is 32.0 Å². The minimum absolute atomic E-state index is 0.0483. The summed E-state index contributed by atoms with van der Waals surface area (Å²) in [4.78, 5) is 58.8. The van der Waals surface area contributed by atoms with Crippen molar-refractivity contribution in [2.45, 2.75) is 64.9 Å². The molecular weight excluding hydrogens is 506 g/mol. The van der Waals surface area contributed by atoms with Gasteiger partial charge in [-0.3, -0.25) is 19.2 Å². The van der Waals surface area contributed by atoms with E-state index in [1.54, 1.807) is 0 Å². The molecule has 1 aromatic carbocycles. The lowest BCUT2D eigenvalue weighted by Gasteiger charge is -2.44. The van der Waals surface area contributed by atoms with Crippen molar-refractivity contribution in [3.8, 4) is 0 Å². The van der Waals surface area contributed by atoms with Gasteiger partial charge >= 0.3 is 23.9 Å². The van der Waals surface area contributed by atoms with Gasteiger partial charge in [0.25, 0.3) is 0 Å². The highest BCUT2D eigenvalue weighted by atomic mass is 16.7. The van der Waals surface area contributed by atoms with Crippen molar-refractivity contribution in [3.63, 3.8) is 0 Å². The van der Waals surface area contributed by atoms with E-state index in [1.165, 1.54) is 13.8 Å². The molecule has 1 aliphatic rings. The topological polar surface area (TPSA) is 162 Å². The molecular formula is C25H33NO12. The summed E-state index contributed by atoms with van der Waals surface area (Å²) in [5, 5.41) is 2.59. The standard InChI is InChI=1S/C25H33NO12/c1-15(27)26-22-24(37-18(4)30)23(36-17(3)29)20(13-34-16(2)28)38-25(22)33-11-10-32-14-21(31)35-12-19-8-6-5-7-9-19/h5-9,20,22-25H,10-14H2,1-4H3,(H,26,27)/t20-,22-,23+,24-,25-/m1/s1. The monoisotopic (exact) mass is 539 g/mol. The first kappa shape index (κ1) is 30.7. The van der Waals surface area contributed by atoms with Crippen molar-refractivity contribution in [2.24, 2.45) is 0 Å². The highest BCUT2D eigenvalue weighted by molar-refractivity contribution is 5.73. The van der Waals surface area contributed by atoms with Crippen LogP contribution in [0.1, 0.15) is 33.3 Å². The summed E-state index contributed by atoms with van der Waals surface area (Å²) in [6, 6.07) is 8.06. The van der Waals surface area contributed by atoms with E-state index >= 15 is 0 Å². The van der Waals surface area contributed by atoms with E-state index in [0.29, 0.717) is 0 Å². The smallest absolute Gasteiger partial charge is 0.332 e. The van der Waals surface area contributed by atoms with Crippen molar-refractivity contribution < 1.29 is 57.1 Å². The molecule has 0 unspecified atom stereocenters. The number of esters is 4. The average molecular weight is 540 g/mol. The average Bonchev–Trinajstić information content (AvgIpc) is 2.84. The molecule has 13 heteroatoms. The summed E-state index contributed by atoms with van der Waals surface area (Å²) in [6.07, 6.45) is -4.75. The first-order chi connectivity index (χ1) is 18.1. The Morgan fingerprint density at radius 3 is 2.11 bits per heavy atom. The van der Waals surface area contributed by atoms with Crippen LogP contribution in [0.2, 0.25) is 0 Å². The maximum atomic E-state index is 11.9. The Balaban J connectivity index is 2.01. The zero-order valence-electron chi connectivity index (χ0n) is 21.7. The normalized spacial score (nSPS) is 22.6. The van der Waals surface area contributed by atoms with Crippen LogP contribution >= 0.6 is 0 Å². The van der Waals surface area contributed by atoms with Crippen molar-refractivity contribution in [2.75, 3.05) is 26.4 Å². The Morgan fingerprint density at radius 2 is 1.50 bits per heavy atom. The van der Waals surface area contributed by atoms with Crippen LogP contribution in [-0.2, 0) is 63.7 Å². The maximum Gasteiger partial charge on any atom is 0.332 e. The van der Waals surface area contributed by atoms with Crippen LogP contribution in [-0.4, -0.2) is 86.9 Å². The zero-order valence-corrected chi connectivity index (χ0v) is 21.7. The highest BCUT2D eigenvalue weighted by Crippen LogP contribution is 2.28. The Morgan fingerprint density at radius 1 is 0.842 bits per heavy atom. The third-order valence-corrected chi connectivity index (χ3v) is 5.04. The number of rotatable bonds is 13. The van der Waals surface area contributed by atoms with Crippen molar-refractivity contribution in [1.29, 1.82) is 0 Å². The number of hydrogen-bond donors (Lipinski definition) is 1. The second-order valence-electron chi connectivity index (χ2n) is 8.29. The van der Waals surface area contributed by atoms with Gasteiger partial charge in [-0.2, -0.15) is 0 Å². The van der Waals surface area contributed by atoms with E-state index in [4.69, 9.17) is 33.2 Å². The molecule has 13 nitrogen and oxygen atoms in total. The van der Waals surface area contributed by atoms with Crippen LogP contribution in [0, 0.1) is 0 Å². The van der Waals surface area contributed by atoms with Gasteiger partial charge in [0.2, 0.25) is 5.91 Å². The molecule has 1 N–H and O–H groups in total. The summed E-state index contributed by atoms with van der Waals surface area (Å²) >= 11 is 0. The van der Waals surface area contributed by atoms with Crippen LogP contribution in [0.15, 0.2) is 30.3 Å². The molecule has 1 aromatic rings. The van der Waals surface area contributed by atoms with Gasteiger partial charge in [-0.25, -0.2) is 4.79 Å². The van der Waals surface area contributed by atoms with E-state index in [2.05, 4.69) is 5.32 Å². The molecule has 1 saturated heterocycles. The van der Waals surface area contributed by atoms with Gasteiger partial charge in [-0.05, 0) is 5.56 Å². The van der Waals surface area contributed by atoms with Crippen molar-refractivity contribution in [1.82, 2.24) is 5.32 Å². The van der Waals surface area contributed by atoms with Crippen molar-refractivity contribution >= 4 is 29.8 Å². The van der Waals surface area contributed by atoms with E-state index in [1.807, 2.05) is 30.3 Å². The molecule has 38 heavy (non-hydrogen) atoms. The summed E-state index contributed by atoms with van der Waals surface area (Å²) < 4.78 is 37.7. The molecule has 0 bridgehead atoms. The molecule has 5 atom stereocenters. The fourth-order valence-corrected chi connectivity index (χ4v) is 3.59. The van der Waals surface area contributed by atoms with Crippen molar-refractivity contribution in [3.05, 3.63) is 35.9 Å². The van der Waals surface area contributed by atoms with E-state index in [-0.39, 0.29) is 33.0 Å². The van der Waals surface area contributed by atoms with Crippen LogP contribution in [0.25, 0.3) is 0 Å². The van der Waals surface area contributed by atoms with Crippen LogP contribution in [0.4, 0.5) is 0 Å². The van der Waals surface area contributed by atoms with Crippen LogP contribution < -0.4 is 5.32 Å². The lowest BCUT2D eigenvalue weighted by atomic mass is 9.96. The maximum absolute atomic E-state index is 11.9. The number of amides is 1. The highest BCUT2D eigenvalue weighted by Gasteiger charge is 2.51. The van der Waals surface area contributed by atoms with E-state index in [9.17, 15) is 24.0 Å². The van der Waals surface area contributed by atoms with Crippen LogP contribution in [0.3, 0.4) is 0 Å². The van der Waals surface area contributed by atoms with Crippen LogP contribution in [0.5, 0.6) is 0 Å². The lowest BCUT2D eigenvalue weighted by molar-refractivity contribution is -0.279. The molecule has 0 spiro atoms. The second kappa shape index (κ2) is 15.6. The molecule has 0 aliphatic carbocycles. The third kappa shape index (κ3) is 10.8. The molecule has 1 fully saturated rings. The van der Waals surface area contributed by atoms with E-state index < -0.39 is 60.4 Å². The number of hydrogen-bond acceptors (Lipinski definition) is 12.